The molecule has 2 aliphatic rings. The van der Waals surface area contributed by atoms with Crippen LogP contribution in [0, 0.1) is 0 Å². The summed E-state index contributed by atoms with van der Waals surface area (Å²) < 4.78 is 10.9. The van der Waals surface area contributed by atoms with Crippen molar-refractivity contribution in [2.24, 2.45) is 0 Å². The van der Waals surface area contributed by atoms with Crippen LogP contribution in [0.15, 0.2) is 16.7 Å². The molecule has 0 radical (unpaired) electrons. The minimum Gasteiger partial charge on any atom is -0.444 e. The van der Waals surface area contributed by atoms with Crippen LogP contribution in [0.4, 0.5) is 4.79 Å². The summed E-state index contributed by atoms with van der Waals surface area (Å²) in [5, 5.41) is 4.44. The van der Waals surface area contributed by atoms with Gasteiger partial charge >= 0.3 is 6.09 Å². The number of rotatable bonds is 2. The van der Waals surface area contributed by atoms with Crippen molar-refractivity contribution in [3.8, 4) is 0 Å². The highest BCUT2D eigenvalue weighted by Crippen LogP contribution is 2.39. The second-order valence-electron chi connectivity index (χ2n) is 6.83. The average Bonchev–Trinajstić information content (AvgIpc) is 3.16. The quantitative estimate of drug-likeness (QED) is 0.763. The van der Waals surface area contributed by atoms with E-state index < -0.39 is 5.60 Å². The molecule has 2 unspecified atom stereocenters. The van der Waals surface area contributed by atoms with Crippen molar-refractivity contribution < 1.29 is 14.1 Å². The molecule has 0 saturated carbocycles. The number of hydrogen-bond acceptors (Lipinski definition) is 6. The van der Waals surface area contributed by atoms with Crippen LogP contribution in [0.5, 0.6) is 0 Å². The normalized spacial score (nSPS) is 24.9. The van der Waals surface area contributed by atoms with Gasteiger partial charge in [-0.05, 0) is 45.8 Å². The molecular formula is C16H23N3O3S. The molecular weight excluding hydrogens is 314 g/mol. The minimum absolute atomic E-state index is 0.315. The second-order valence-corrected chi connectivity index (χ2v) is 8.14. The van der Waals surface area contributed by atoms with E-state index in [-0.39, 0.29) is 12.1 Å². The third-order valence-electron chi connectivity index (χ3n) is 3.75. The van der Waals surface area contributed by atoms with Gasteiger partial charge in [-0.15, -0.1) is 0 Å². The van der Waals surface area contributed by atoms with Crippen molar-refractivity contribution in [2.75, 3.05) is 12.3 Å². The van der Waals surface area contributed by atoms with Crippen LogP contribution in [0.2, 0.25) is 0 Å². The van der Waals surface area contributed by atoms with Crippen LogP contribution in [-0.2, 0) is 4.74 Å². The number of nitrogens with zero attached hydrogens (tertiary/aromatic N) is 3. The third kappa shape index (κ3) is 3.88. The van der Waals surface area contributed by atoms with Crippen molar-refractivity contribution in [1.29, 1.82) is 0 Å². The van der Waals surface area contributed by atoms with Crippen LogP contribution in [-0.4, -0.2) is 39.0 Å². The van der Waals surface area contributed by atoms with Gasteiger partial charge in [-0.2, -0.15) is 16.7 Å². The Balaban J connectivity index is 1.77. The number of thioether (sulfide) groups is 1. The molecule has 0 spiro atoms. The van der Waals surface area contributed by atoms with E-state index in [1.807, 2.05) is 44.7 Å². The molecule has 1 saturated heterocycles. The summed E-state index contributed by atoms with van der Waals surface area (Å²) in [6, 6.07) is -0.341. The standard InChI is InChI=1S/C16H23N3O3S/c1-16(2,3)21-15(20)19-9-5-4-7-11(19)14-17-13(18-22-14)12-8-6-10-23-12/h4,7,11-12H,5-6,8-10H2,1-3H3. The van der Waals surface area contributed by atoms with Crippen LogP contribution in [0.1, 0.15) is 63.0 Å². The Labute approximate surface area is 140 Å². The molecule has 6 nitrogen and oxygen atoms in total. The molecule has 3 rings (SSSR count). The van der Waals surface area contributed by atoms with Crippen molar-refractivity contribution in [3.05, 3.63) is 23.9 Å². The molecule has 1 amide bonds. The highest BCUT2D eigenvalue weighted by molar-refractivity contribution is 7.99. The Kier molecular flexibility index (Phi) is 4.66. The summed E-state index contributed by atoms with van der Waals surface area (Å²) in [7, 11) is 0. The van der Waals surface area contributed by atoms with Gasteiger partial charge < -0.3 is 9.26 Å². The summed E-state index contributed by atoms with van der Waals surface area (Å²) in [4.78, 5) is 18.6. The van der Waals surface area contributed by atoms with Gasteiger partial charge in [-0.25, -0.2) is 4.79 Å². The maximum atomic E-state index is 12.4. The van der Waals surface area contributed by atoms with E-state index in [2.05, 4.69) is 10.1 Å². The van der Waals surface area contributed by atoms with Crippen molar-refractivity contribution >= 4 is 17.9 Å². The molecule has 3 heterocycles. The lowest BCUT2D eigenvalue weighted by atomic mass is 10.1. The third-order valence-corrected chi connectivity index (χ3v) is 5.12. The lowest BCUT2D eigenvalue weighted by Gasteiger charge is -2.32. The fourth-order valence-corrected chi connectivity index (χ4v) is 3.90. The molecule has 23 heavy (non-hydrogen) atoms. The number of aromatic nitrogens is 2. The van der Waals surface area contributed by atoms with E-state index in [1.54, 1.807) is 4.90 Å². The Morgan fingerprint density at radius 2 is 2.30 bits per heavy atom. The van der Waals surface area contributed by atoms with Gasteiger partial charge in [0.15, 0.2) is 5.82 Å². The topological polar surface area (TPSA) is 68.5 Å². The first kappa shape index (κ1) is 16.4. The lowest BCUT2D eigenvalue weighted by Crippen LogP contribution is -2.40. The fraction of sp³-hybridized carbons (Fsp3) is 0.688. The first-order valence-corrected chi connectivity index (χ1v) is 9.10. The number of amides is 1. The molecule has 0 aliphatic carbocycles. The number of hydrogen-bond donors (Lipinski definition) is 0. The van der Waals surface area contributed by atoms with E-state index in [4.69, 9.17) is 9.26 Å². The number of ether oxygens (including phenoxy) is 1. The molecule has 7 heteroatoms. The monoisotopic (exact) mass is 337 g/mol. The highest BCUT2D eigenvalue weighted by atomic mass is 32.2. The summed E-state index contributed by atoms with van der Waals surface area (Å²) >= 11 is 1.86. The zero-order chi connectivity index (χ0) is 16.4. The lowest BCUT2D eigenvalue weighted by molar-refractivity contribution is 0.0164. The molecule has 2 atom stereocenters. The molecule has 1 aromatic rings. The molecule has 1 aromatic heterocycles. The van der Waals surface area contributed by atoms with Crippen LogP contribution < -0.4 is 0 Å². The van der Waals surface area contributed by atoms with Crippen molar-refractivity contribution in [1.82, 2.24) is 15.0 Å². The van der Waals surface area contributed by atoms with Crippen molar-refractivity contribution in [2.45, 2.75) is 56.9 Å². The van der Waals surface area contributed by atoms with Crippen LogP contribution in [0.25, 0.3) is 0 Å². The molecule has 2 aliphatic heterocycles. The Morgan fingerprint density at radius 3 is 3.00 bits per heavy atom. The largest absolute Gasteiger partial charge is 0.444 e. The van der Waals surface area contributed by atoms with E-state index in [1.165, 1.54) is 6.42 Å². The predicted molar refractivity (Wildman–Crippen MR) is 88.2 cm³/mol. The summed E-state index contributed by atoms with van der Waals surface area (Å²) in [5.74, 6) is 2.35. The zero-order valence-corrected chi connectivity index (χ0v) is 14.6. The van der Waals surface area contributed by atoms with Crippen molar-refractivity contribution in [3.63, 3.8) is 0 Å². The predicted octanol–water partition coefficient (Wildman–Crippen LogP) is 3.88. The van der Waals surface area contributed by atoms with Gasteiger partial charge in [0.1, 0.15) is 11.6 Å². The molecule has 126 valence electrons. The van der Waals surface area contributed by atoms with Gasteiger partial charge in [0.2, 0.25) is 0 Å². The fourth-order valence-electron chi connectivity index (χ4n) is 2.70. The van der Waals surface area contributed by atoms with Gasteiger partial charge in [-0.3, -0.25) is 4.90 Å². The highest BCUT2D eigenvalue weighted by Gasteiger charge is 2.33. The second kappa shape index (κ2) is 6.55. The molecule has 0 aromatic carbocycles. The van der Waals surface area contributed by atoms with E-state index in [0.717, 1.165) is 24.4 Å². The summed E-state index contributed by atoms with van der Waals surface area (Å²) in [6.45, 7) is 6.18. The smallest absolute Gasteiger partial charge is 0.411 e. The van der Waals surface area contributed by atoms with Gasteiger partial charge in [0, 0.05) is 6.54 Å². The average molecular weight is 337 g/mol. The van der Waals surface area contributed by atoms with Crippen LogP contribution in [0.3, 0.4) is 0 Å². The van der Waals surface area contributed by atoms with Gasteiger partial charge in [0.25, 0.3) is 5.89 Å². The molecule has 0 N–H and O–H groups in total. The number of carbonyl (C=O) groups excluding carboxylic acids is 1. The number of carbonyl (C=O) groups is 1. The molecule has 0 bridgehead atoms. The van der Waals surface area contributed by atoms with Crippen LogP contribution >= 0.6 is 11.8 Å². The first-order chi connectivity index (χ1) is 10.9. The minimum atomic E-state index is -0.525. The summed E-state index contributed by atoms with van der Waals surface area (Å²) in [5.41, 5.74) is -0.525. The van der Waals surface area contributed by atoms with E-state index in [9.17, 15) is 4.79 Å². The van der Waals surface area contributed by atoms with E-state index >= 15 is 0 Å². The maximum Gasteiger partial charge on any atom is 0.411 e. The Bertz CT molecular complexity index is 588. The zero-order valence-electron chi connectivity index (χ0n) is 13.8. The first-order valence-electron chi connectivity index (χ1n) is 8.05. The summed E-state index contributed by atoms with van der Waals surface area (Å²) in [6.07, 6.45) is 6.70. The Hall–Kier alpha value is -1.50. The Morgan fingerprint density at radius 1 is 1.48 bits per heavy atom. The van der Waals surface area contributed by atoms with Gasteiger partial charge in [-0.1, -0.05) is 17.3 Å². The SMILES string of the molecule is CC(C)(C)OC(=O)N1CCC=CC1c1nc(C2CCCS2)no1. The van der Waals surface area contributed by atoms with E-state index in [0.29, 0.717) is 17.7 Å². The van der Waals surface area contributed by atoms with Gasteiger partial charge in [0.05, 0.1) is 5.25 Å². The molecule has 1 fully saturated rings. The maximum absolute atomic E-state index is 12.4.